The summed E-state index contributed by atoms with van der Waals surface area (Å²) < 4.78 is 0. The Labute approximate surface area is 74.0 Å². The van der Waals surface area contributed by atoms with Gasteiger partial charge in [0, 0.05) is 6.04 Å². The monoisotopic (exact) mass is 173 g/mol. The van der Waals surface area contributed by atoms with Crippen molar-refractivity contribution < 1.29 is 9.90 Å². The molecule has 0 aromatic heterocycles. The van der Waals surface area contributed by atoms with Crippen molar-refractivity contribution in [1.29, 1.82) is 0 Å². The van der Waals surface area contributed by atoms with Crippen molar-refractivity contribution >= 4 is 5.97 Å². The molecular formula is C9H19NO2. The molecule has 0 saturated heterocycles. The summed E-state index contributed by atoms with van der Waals surface area (Å²) in [7, 11) is 0. The van der Waals surface area contributed by atoms with Crippen LogP contribution in [-0.2, 0) is 4.79 Å². The Bertz CT molecular complexity index is 136. The molecule has 0 rings (SSSR count). The minimum absolute atomic E-state index is 0.186. The van der Waals surface area contributed by atoms with Crippen LogP contribution in [0.25, 0.3) is 0 Å². The van der Waals surface area contributed by atoms with E-state index in [1.54, 1.807) is 6.92 Å². The zero-order chi connectivity index (χ0) is 9.56. The maximum Gasteiger partial charge on any atom is 0.307 e. The van der Waals surface area contributed by atoms with E-state index in [1.165, 1.54) is 0 Å². The summed E-state index contributed by atoms with van der Waals surface area (Å²) in [6.45, 7) is 3.78. The molecule has 0 fully saturated rings. The molecule has 0 aliphatic rings. The van der Waals surface area contributed by atoms with Gasteiger partial charge >= 0.3 is 5.97 Å². The molecule has 2 atom stereocenters. The van der Waals surface area contributed by atoms with Crippen LogP contribution in [0.2, 0.25) is 0 Å². The fourth-order valence-corrected chi connectivity index (χ4v) is 1.06. The fourth-order valence-electron chi connectivity index (χ4n) is 1.06. The van der Waals surface area contributed by atoms with Crippen molar-refractivity contribution in [3.63, 3.8) is 0 Å². The van der Waals surface area contributed by atoms with E-state index in [-0.39, 0.29) is 6.04 Å². The maximum atomic E-state index is 10.5. The van der Waals surface area contributed by atoms with Gasteiger partial charge in [0.2, 0.25) is 0 Å². The van der Waals surface area contributed by atoms with Gasteiger partial charge in [0.25, 0.3) is 0 Å². The minimum Gasteiger partial charge on any atom is -0.481 e. The molecule has 1 unspecified atom stereocenters. The predicted molar refractivity (Wildman–Crippen MR) is 48.9 cm³/mol. The molecule has 0 heterocycles. The third kappa shape index (κ3) is 4.34. The van der Waals surface area contributed by atoms with Crippen LogP contribution in [0.4, 0.5) is 0 Å². The normalized spacial score (nSPS) is 15.6. The number of carbonyl (C=O) groups is 1. The smallest absolute Gasteiger partial charge is 0.307 e. The van der Waals surface area contributed by atoms with Crippen molar-refractivity contribution in [3.05, 3.63) is 0 Å². The third-order valence-electron chi connectivity index (χ3n) is 2.17. The zero-order valence-corrected chi connectivity index (χ0v) is 7.92. The lowest BCUT2D eigenvalue weighted by molar-refractivity contribution is -0.141. The van der Waals surface area contributed by atoms with Crippen molar-refractivity contribution in [2.45, 2.75) is 45.6 Å². The first-order valence-electron chi connectivity index (χ1n) is 4.58. The van der Waals surface area contributed by atoms with Gasteiger partial charge in [-0.15, -0.1) is 0 Å². The van der Waals surface area contributed by atoms with E-state index in [0.717, 1.165) is 25.7 Å². The van der Waals surface area contributed by atoms with Crippen LogP contribution in [-0.4, -0.2) is 17.1 Å². The summed E-state index contributed by atoms with van der Waals surface area (Å²) in [5.41, 5.74) is 5.68. The highest BCUT2D eigenvalue weighted by Gasteiger charge is 2.18. The second-order valence-electron chi connectivity index (χ2n) is 3.29. The predicted octanol–water partition coefficient (Wildman–Crippen LogP) is 1.61. The Kier molecular flexibility index (Phi) is 5.72. The van der Waals surface area contributed by atoms with Gasteiger partial charge < -0.3 is 10.8 Å². The lowest BCUT2D eigenvalue weighted by Crippen LogP contribution is -2.33. The van der Waals surface area contributed by atoms with E-state index in [9.17, 15) is 4.79 Å². The number of nitrogens with two attached hydrogens (primary N) is 1. The second-order valence-corrected chi connectivity index (χ2v) is 3.29. The van der Waals surface area contributed by atoms with Crippen molar-refractivity contribution in [2.75, 3.05) is 0 Å². The summed E-state index contributed by atoms with van der Waals surface area (Å²) in [5, 5.41) is 8.63. The van der Waals surface area contributed by atoms with Crippen LogP contribution in [0.3, 0.4) is 0 Å². The lowest BCUT2D eigenvalue weighted by Gasteiger charge is -2.15. The Hall–Kier alpha value is -0.570. The van der Waals surface area contributed by atoms with E-state index < -0.39 is 11.9 Å². The highest BCUT2D eigenvalue weighted by atomic mass is 16.4. The van der Waals surface area contributed by atoms with Gasteiger partial charge in [0.1, 0.15) is 0 Å². The first-order valence-corrected chi connectivity index (χ1v) is 4.58. The molecule has 0 bridgehead atoms. The first-order chi connectivity index (χ1) is 5.59. The van der Waals surface area contributed by atoms with E-state index in [1.807, 2.05) is 0 Å². The molecule has 12 heavy (non-hydrogen) atoms. The molecule has 0 amide bonds. The Morgan fingerprint density at radius 2 is 2.08 bits per heavy atom. The van der Waals surface area contributed by atoms with Gasteiger partial charge in [-0.3, -0.25) is 4.79 Å². The molecule has 0 aliphatic carbocycles. The number of unbranched alkanes of at least 4 members (excludes halogenated alkanes) is 2. The molecule has 0 radical (unpaired) electrons. The molecule has 0 spiro atoms. The molecule has 0 aromatic carbocycles. The second kappa shape index (κ2) is 6.00. The molecule has 3 heteroatoms. The number of carboxylic acids is 1. The van der Waals surface area contributed by atoms with E-state index >= 15 is 0 Å². The van der Waals surface area contributed by atoms with Crippen LogP contribution in [0.1, 0.15) is 39.5 Å². The van der Waals surface area contributed by atoms with Gasteiger partial charge in [0.05, 0.1) is 5.92 Å². The van der Waals surface area contributed by atoms with Crippen LogP contribution in [0.15, 0.2) is 0 Å². The molecule has 0 aromatic rings. The topological polar surface area (TPSA) is 63.3 Å². The largest absolute Gasteiger partial charge is 0.481 e. The molecule has 72 valence electrons. The molecule has 3 N–H and O–H groups in total. The fraction of sp³-hybridized carbons (Fsp3) is 0.889. The molecule has 0 aliphatic heterocycles. The van der Waals surface area contributed by atoms with Gasteiger partial charge in [-0.2, -0.15) is 0 Å². The highest BCUT2D eigenvalue weighted by Crippen LogP contribution is 2.09. The first kappa shape index (κ1) is 11.4. The summed E-state index contributed by atoms with van der Waals surface area (Å²) in [4.78, 5) is 10.5. The SMILES string of the molecule is CCCCC[C@H](N)C(C)C(=O)O. The van der Waals surface area contributed by atoms with Gasteiger partial charge in [-0.05, 0) is 6.42 Å². The maximum absolute atomic E-state index is 10.5. The van der Waals surface area contributed by atoms with E-state index in [4.69, 9.17) is 10.8 Å². The average Bonchev–Trinajstić information content (AvgIpc) is 2.03. The summed E-state index contributed by atoms with van der Waals surface area (Å²) in [6.07, 6.45) is 4.14. The number of rotatable bonds is 6. The van der Waals surface area contributed by atoms with Crippen molar-refractivity contribution in [1.82, 2.24) is 0 Å². The van der Waals surface area contributed by atoms with Gasteiger partial charge in [-0.1, -0.05) is 33.1 Å². The lowest BCUT2D eigenvalue weighted by atomic mass is 9.97. The molecule has 3 nitrogen and oxygen atoms in total. The average molecular weight is 173 g/mol. The zero-order valence-electron chi connectivity index (χ0n) is 7.92. The summed E-state index contributed by atoms with van der Waals surface area (Å²) >= 11 is 0. The van der Waals surface area contributed by atoms with E-state index in [0.29, 0.717) is 0 Å². The van der Waals surface area contributed by atoms with Crippen LogP contribution in [0, 0.1) is 5.92 Å². The number of carboxylic acid groups (broad SMARTS) is 1. The Balaban J connectivity index is 3.56. The van der Waals surface area contributed by atoms with Crippen LogP contribution < -0.4 is 5.73 Å². The molecule has 0 saturated carbocycles. The van der Waals surface area contributed by atoms with Crippen LogP contribution >= 0.6 is 0 Å². The standard InChI is InChI=1S/C9H19NO2/c1-3-4-5-6-8(10)7(2)9(11)12/h7-8H,3-6,10H2,1-2H3,(H,11,12)/t7?,8-/m0/s1. The quantitative estimate of drug-likeness (QED) is 0.600. The summed E-state index contributed by atoms with van der Waals surface area (Å²) in [5.74, 6) is -1.21. The van der Waals surface area contributed by atoms with Crippen molar-refractivity contribution in [3.8, 4) is 0 Å². The highest BCUT2D eigenvalue weighted by molar-refractivity contribution is 5.70. The van der Waals surface area contributed by atoms with E-state index in [2.05, 4.69) is 6.92 Å². The molecular weight excluding hydrogens is 154 g/mol. The third-order valence-corrected chi connectivity index (χ3v) is 2.17. The Morgan fingerprint density at radius 3 is 2.50 bits per heavy atom. The van der Waals surface area contributed by atoms with Crippen molar-refractivity contribution in [2.24, 2.45) is 11.7 Å². The minimum atomic E-state index is -0.793. The number of hydrogen-bond donors (Lipinski definition) is 2. The summed E-state index contributed by atoms with van der Waals surface area (Å²) in [6, 6.07) is -0.186. The van der Waals surface area contributed by atoms with Gasteiger partial charge in [-0.25, -0.2) is 0 Å². The Morgan fingerprint density at radius 1 is 1.50 bits per heavy atom. The number of hydrogen-bond acceptors (Lipinski definition) is 2. The number of aliphatic carboxylic acids is 1. The van der Waals surface area contributed by atoms with Gasteiger partial charge in [0.15, 0.2) is 0 Å². The van der Waals surface area contributed by atoms with Crippen LogP contribution in [0.5, 0.6) is 0 Å².